The van der Waals surface area contributed by atoms with Gasteiger partial charge in [-0.3, -0.25) is 0 Å². The molecule has 0 saturated carbocycles. The fraction of sp³-hybridized carbons (Fsp3) is 0.235. The number of nitrogens with two attached hydrogens (primary N) is 1. The van der Waals surface area contributed by atoms with Gasteiger partial charge in [0.25, 0.3) is 0 Å². The van der Waals surface area contributed by atoms with Gasteiger partial charge in [0, 0.05) is 5.56 Å². The molecule has 0 atom stereocenters. The van der Waals surface area contributed by atoms with Crippen LogP contribution in [-0.4, -0.2) is 32.6 Å². The molecule has 1 aromatic heterocycles. The van der Waals surface area contributed by atoms with Gasteiger partial charge in [0.15, 0.2) is 11.5 Å². The van der Waals surface area contributed by atoms with Crippen molar-refractivity contribution in [3.63, 3.8) is 0 Å². The summed E-state index contributed by atoms with van der Waals surface area (Å²) in [5.74, 6) is 1.30. The highest BCUT2D eigenvalue weighted by Crippen LogP contribution is 2.44. The summed E-state index contributed by atoms with van der Waals surface area (Å²) in [5, 5.41) is 19.6. The van der Waals surface area contributed by atoms with Gasteiger partial charge in [-0.1, -0.05) is 0 Å². The van der Waals surface area contributed by atoms with Crippen LogP contribution in [0.25, 0.3) is 11.1 Å². The molecule has 0 radical (unpaired) electrons. The highest BCUT2D eigenvalue weighted by molar-refractivity contribution is 7.98. The van der Waals surface area contributed by atoms with E-state index in [2.05, 4.69) is 11.1 Å². The number of nitriles is 2. The van der Waals surface area contributed by atoms with Gasteiger partial charge in [-0.05, 0) is 24.0 Å². The molecule has 128 valence electrons. The van der Waals surface area contributed by atoms with Crippen molar-refractivity contribution in [1.29, 1.82) is 10.5 Å². The Morgan fingerprint density at radius 3 is 1.96 bits per heavy atom. The molecule has 0 bridgehead atoms. The monoisotopic (exact) mass is 356 g/mol. The quantitative estimate of drug-likeness (QED) is 0.813. The van der Waals surface area contributed by atoms with Crippen molar-refractivity contribution in [2.24, 2.45) is 0 Å². The van der Waals surface area contributed by atoms with Gasteiger partial charge in [0.2, 0.25) is 5.75 Å². The van der Waals surface area contributed by atoms with Crippen LogP contribution in [0.3, 0.4) is 0 Å². The van der Waals surface area contributed by atoms with Crippen LogP contribution in [0.5, 0.6) is 17.2 Å². The van der Waals surface area contributed by atoms with Crippen LogP contribution in [0, 0.1) is 22.7 Å². The summed E-state index contributed by atoms with van der Waals surface area (Å²) in [7, 11) is 4.48. The average molecular weight is 356 g/mol. The van der Waals surface area contributed by atoms with E-state index in [0.717, 1.165) is 0 Å². The van der Waals surface area contributed by atoms with Crippen molar-refractivity contribution < 1.29 is 14.2 Å². The zero-order chi connectivity index (χ0) is 18.6. The number of thioether (sulfide) groups is 1. The molecular formula is C17H16N4O3S. The van der Waals surface area contributed by atoms with Gasteiger partial charge in [0.05, 0.1) is 26.9 Å². The third-order valence-corrected chi connectivity index (χ3v) is 4.24. The molecule has 2 N–H and O–H groups in total. The summed E-state index contributed by atoms with van der Waals surface area (Å²) in [6.07, 6.45) is 1.79. The number of hydrogen-bond acceptors (Lipinski definition) is 8. The van der Waals surface area contributed by atoms with Crippen LogP contribution >= 0.6 is 11.8 Å². The third-order valence-electron chi connectivity index (χ3n) is 3.56. The number of rotatable bonds is 5. The van der Waals surface area contributed by atoms with Crippen molar-refractivity contribution in [1.82, 2.24) is 4.98 Å². The number of aromatic nitrogens is 1. The molecule has 25 heavy (non-hydrogen) atoms. The van der Waals surface area contributed by atoms with Gasteiger partial charge in [-0.15, -0.1) is 11.8 Å². The summed E-state index contributed by atoms with van der Waals surface area (Å²) in [6, 6.07) is 7.48. The second-order valence-electron chi connectivity index (χ2n) is 4.77. The summed E-state index contributed by atoms with van der Waals surface area (Å²) in [4.78, 5) is 4.15. The smallest absolute Gasteiger partial charge is 0.203 e. The Morgan fingerprint density at radius 2 is 1.56 bits per heavy atom. The first-order chi connectivity index (χ1) is 12.1. The van der Waals surface area contributed by atoms with Gasteiger partial charge >= 0.3 is 0 Å². The summed E-state index contributed by atoms with van der Waals surface area (Å²) >= 11 is 1.28. The van der Waals surface area contributed by atoms with E-state index in [1.165, 1.54) is 33.1 Å². The van der Waals surface area contributed by atoms with Crippen LogP contribution < -0.4 is 19.9 Å². The van der Waals surface area contributed by atoms with Crippen LogP contribution in [0.2, 0.25) is 0 Å². The topological polar surface area (TPSA) is 114 Å². The third kappa shape index (κ3) is 3.12. The number of benzene rings is 1. The SMILES string of the molecule is COc1cc(-c2c(C#N)c(N)nc(SC)c2C#N)cc(OC)c1OC. The fourth-order valence-electron chi connectivity index (χ4n) is 2.46. The van der Waals surface area contributed by atoms with E-state index in [9.17, 15) is 10.5 Å². The van der Waals surface area contributed by atoms with E-state index in [4.69, 9.17) is 19.9 Å². The van der Waals surface area contributed by atoms with E-state index in [-0.39, 0.29) is 16.9 Å². The predicted molar refractivity (Wildman–Crippen MR) is 95.0 cm³/mol. The minimum Gasteiger partial charge on any atom is -0.493 e. The van der Waals surface area contributed by atoms with Crippen molar-refractivity contribution in [2.45, 2.75) is 5.03 Å². The predicted octanol–water partition coefficient (Wildman–Crippen LogP) is 2.82. The van der Waals surface area contributed by atoms with Crippen LogP contribution in [0.15, 0.2) is 17.2 Å². The van der Waals surface area contributed by atoms with E-state index in [1.807, 2.05) is 6.07 Å². The Bertz CT molecular complexity index is 875. The van der Waals surface area contributed by atoms with Crippen molar-refractivity contribution in [2.75, 3.05) is 33.3 Å². The molecule has 0 saturated heterocycles. The lowest BCUT2D eigenvalue weighted by molar-refractivity contribution is 0.324. The molecule has 0 spiro atoms. The Balaban J connectivity index is 2.94. The Morgan fingerprint density at radius 1 is 1.00 bits per heavy atom. The first-order valence-electron chi connectivity index (χ1n) is 7.04. The maximum Gasteiger partial charge on any atom is 0.203 e. The number of nitrogen functional groups attached to an aromatic ring is 1. The zero-order valence-electron chi connectivity index (χ0n) is 14.2. The van der Waals surface area contributed by atoms with Gasteiger partial charge in [0.1, 0.15) is 28.5 Å². The van der Waals surface area contributed by atoms with E-state index in [0.29, 0.717) is 33.4 Å². The maximum atomic E-state index is 9.62. The van der Waals surface area contributed by atoms with Crippen LogP contribution in [0.4, 0.5) is 5.82 Å². The van der Waals surface area contributed by atoms with E-state index in [1.54, 1.807) is 18.4 Å². The molecule has 0 aliphatic carbocycles. The summed E-state index contributed by atoms with van der Waals surface area (Å²) in [6.45, 7) is 0. The lowest BCUT2D eigenvalue weighted by Crippen LogP contribution is -2.04. The average Bonchev–Trinajstić information content (AvgIpc) is 2.65. The van der Waals surface area contributed by atoms with Gasteiger partial charge < -0.3 is 19.9 Å². The second kappa shape index (κ2) is 7.65. The summed E-state index contributed by atoms with van der Waals surface area (Å²) < 4.78 is 16.0. The molecule has 0 amide bonds. The highest BCUT2D eigenvalue weighted by Gasteiger charge is 2.23. The molecule has 0 fully saturated rings. The van der Waals surface area contributed by atoms with Crippen molar-refractivity contribution in [3.8, 4) is 40.5 Å². The molecule has 2 rings (SSSR count). The van der Waals surface area contributed by atoms with Crippen molar-refractivity contribution >= 4 is 17.6 Å². The number of pyridine rings is 1. The number of ether oxygens (including phenoxy) is 3. The first kappa shape index (κ1) is 18.2. The Kier molecular flexibility index (Phi) is 5.58. The fourth-order valence-corrected chi connectivity index (χ4v) is 3.00. The number of methoxy groups -OCH3 is 3. The molecule has 1 aromatic carbocycles. The largest absolute Gasteiger partial charge is 0.493 e. The molecular weight excluding hydrogens is 340 g/mol. The second-order valence-corrected chi connectivity index (χ2v) is 5.56. The lowest BCUT2D eigenvalue weighted by atomic mass is 9.96. The lowest BCUT2D eigenvalue weighted by Gasteiger charge is -2.16. The Hall–Kier alpha value is -3.10. The molecule has 0 aliphatic rings. The molecule has 1 heterocycles. The zero-order valence-corrected chi connectivity index (χ0v) is 15.0. The van der Waals surface area contributed by atoms with Gasteiger partial charge in [-0.25, -0.2) is 4.98 Å². The van der Waals surface area contributed by atoms with Crippen molar-refractivity contribution in [3.05, 3.63) is 23.3 Å². The number of anilines is 1. The molecule has 8 heteroatoms. The summed E-state index contributed by atoms with van der Waals surface area (Å²) in [5.41, 5.74) is 7.26. The number of nitrogens with zero attached hydrogens (tertiary/aromatic N) is 3. The van der Waals surface area contributed by atoms with Crippen LogP contribution in [0.1, 0.15) is 11.1 Å². The maximum absolute atomic E-state index is 9.62. The standard InChI is InChI=1S/C17H16N4O3S/c1-22-12-5-9(6-13(23-2)15(12)24-3)14-10(7-18)16(20)21-17(25-4)11(14)8-19/h5-6H,1-4H3,(H2,20,21). The molecule has 7 nitrogen and oxygen atoms in total. The minimum absolute atomic E-state index is 0.0644. The Labute approximate surface area is 149 Å². The first-order valence-corrected chi connectivity index (χ1v) is 8.26. The number of hydrogen-bond donors (Lipinski definition) is 1. The van der Waals surface area contributed by atoms with E-state index < -0.39 is 0 Å². The normalized spacial score (nSPS) is 9.84. The molecule has 0 aliphatic heterocycles. The van der Waals surface area contributed by atoms with Crippen LogP contribution in [-0.2, 0) is 0 Å². The highest BCUT2D eigenvalue weighted by atomic mass is 32.2. The minimum atomic E-state index is 0.0644. The van der Waals surface area contributed by atoms with E-state index >= 15 is 0 Å². The molecule has 2 aromatic rings. The molecule has 0 unspecified atom stereocenters. The van der Waals surface area contributed by atoms with Gasteiger partial charge in [-0.2, -0.15) is 10.5 Å².